The lowest BCUT2D eigenvalue weighted by Gasteiger charge is -2.15. The molecule has 252 valence electrons. The number of aliphatic hydroxyl groups is 1. The molecule has 2 unspecified atom stereocenters. The third kappa shape index (κ3) is 31.7. The number of phosphoric acid groups is 1. The lowest BCUT2D eigenvalue weighted by atomic mass is 10.1. The van der Waals surface area contributed by atoms with Gasteiger partial charge < -0.3 is 20.1 Å². The Morgan fingerprint density at radius 1 is 0.721 bits per heavy atom. The quantitative estimate of drug-likeness (QED) is 0.0303. The van der Waals surface area contributed by atoms with Crippen LogP contribution in [0.5, 0.6) is 0 Å². The van der Waals surface area contributed by atoms with Crippen LogP contribution in [0.3, 0.4) is 0 Å². The van der Waals surface area contributed by atoms with Crippen molar-refractivity contribution in [1.82, 2.24) is 5.32 Å². The molecular formula is C33H62NO8P. The zero-order valence-corrected chi connectivity index (χ0v) is 28.0. The maximum absolute atomic E-state index is 11.9. The molecular weight excluding hydrogens is 569 g/mol. The van der Waals surface area contributed by atoms with Crippen molar-refractivity contribution in [3.8, 4) is 0 Å². The van der Waals surface area contributed by atoms with E-state index < -0.39 is 26.5 Å². The van der Waals surface area contributed by atoms with E-state index in [0.29, 0.717) is 6.42 Å². The van der Waals surface area contributed by atoms with Crippen molar-refractivity contribution in [3.63, 3.8) is 0 Å². The monoisotopic (exact) mass is 631 g/mol. The van der Waals surface area contributed by atoms with Crippen LogP contribution in [-0.4, -0.2) is 54.3 Å². The van der Waals surface area contributed by atoms with Gasteiger partial charge in [-0.25, -0.2) is 4.57 Å². The Balaban J connectivity index is 3.62. The molecule has 3 N–H and O–H groups in total. The summed E-state index contributed by atoms with van der Waals surface area (Å²) in [5, 5.41) is 12.5. The number of amides is 1. The van der Waals surface area contributed by atoms with Gasteiger partial charge >= 0.3 is 13.8 Å². The minimum absolute atomic E-state index is 0.0793. The number of allylic oxidation sites excluding steroid dienone is 4. The maximum Gasteiger partial charge on any atom is 0.472 e. The first kappa shape index (κ1) is 41.5. The van der Waals surface area contributed by atoms with Crippen LogP contribution in [0.4, 0.5) is 0 Å². The van der Waals surface area contributed by atoms with Crippen molar-refractivity contribution in [2.45, 2.75) is 148 Å². The molecule has 10 heteroatoms. The molecule has 9 nitrogen and oxygen atoms in total. The second-order valence-electron chi connectivity index (χ2n) is 11.1. The molecule has 0 fully saturated rings. The van der Waals surface area contributed by atoms with E-state index in [9.17, 15) is 24.2 Å². The molecule has 0 aromatic heterocycles. The molecule has 0 aliphatic carbocycles. The second kappa shape index (κ2) is 30.5. The zero-order valence-electron chi connectivity index (χ0n) is 27.1. The Bertz CT molecular complexity index is 774. The van der Waals surface area contributed by atoms with Gasteiger partial charge in [-0.1, -0.05) is 109 Å². The largest absolute Gasteiger partial charge is 0.472 e. The van der Waals surface area contributed by atoms with Crippen molar-refractivity contribution in [1.29, 1.82) is 0 Å². The molecule has 0 aromatic carbocycles. The van der Waals surface area contributed by atoms with Crippen LogP contribution in [0.15, 0.2) is 24.3 Å². The van der Waals surface area contributed by atoms with Gasteiger partial charge in [-0.15, -0.1) is 0 Å². The zero-order chi connectivity index (χ0) is 31.9. The summed E-state index contributed by atoms with van der Waals surface area (Å²) in [6.45, 7) is 3.38. The van der Waals surface area contributed by atoms with Gasteiger partial charge in [-0.05, 0) is 44.9 Å². The number of unbranched alkanes of at least 4 members (excludes halogenated alkanes) is 14. The van der Waals surface area contributed by atoms with E-state index in [0.717, 1.165) is 64.2 Å². The number of esters is 1. The van der Waals surface area contributed by atoms with Crippen LogP contribution in [0, 0.1) is 0 Å². The average molecular weight is 632 g/mol. The first-order valence-electron chi connectivity index (χ1n) is 16.8. The first-order valence-corrected chi connectivity index (χ1v) is 18.3. The molecule has 0 aliphatic rings. The molecule has 0 saturated carbocycles. The van der Waals surface area contributed by atoms with Crippen LogP contribution in [-0.2, 0) is 27.9 Å². The highest BCUT2D eigenvalue weighted by Gasteiger charge is 2.23. The fourth-order valence-corrected chi connectivity index (χ4v) is 5.05. The molecule has 0 aromatic rings. The summed E-state index contributed by atoms with van der Waals surface area (Å²) in [4.78, 5) is 33.3. The number of hydrogen-bond donors (Lipinski definition) is 3. The fraction of sp³-hybridized carbons (Fsp3) is 0.818. The van der Waals surface area contributed by atoms with Gasteiger partial charge in [0.05, 0.1) is 13.2 Å². The molecule has 2 atom stereocenters. The molecule has 0 radical (unpaired) electrons. The van der Waals surface area contributed by atoms with Gasteiger partial charge in [0.2, 0.25) is 5.91 Å². The van der Waals surface area contributed by atoms with Crippen LogP contribution in [0.1, 0.15) is 142 Å². The molecule has 0 bridgehead atoms. The van der Waals surface area contributed by atoms with Gasteiger partial charge in [-0.2, -0.15) is 0 Å². The molecule has 0 rings (SSSR count). The molecule has 0 heterocycles. The highest BCUT2D eigenvalue weighted by Crippen LogP contribution is 2.42. The Morgan fingerprint density at radius 3 is 1.88 bits per heavy atom. The number of phosphoric ester groups is 1. The highest BCUT2D eigenvalue weighted by atomic mass is 31.2. The number of aliphatic hydroxyl groups excluding tert-OH is 1. The molecule has 0 saturated heterocycles. The van der Waals surface area contributed by atoms with Crippen molar-refractivity contribution < 1.29 is 37.9 Å². The number of hydrogen-bond acceptors (Lipinski definition) is 7. The number of carbonyl (C=O) groups is 2. The van der Waals surface area contributed by atoms with Crippen molar-refractivity contribution in [2.24, 2.45) is 0 Å². The van der Waals surface area contributed by atoms with E-state index >= 15 is 0 Å². The second-order valence-corrected chi connectivity index (χ2v) is 12.6. The summed E-state index contributed by atoms with van der Waals surface area (Å²) >= 11 is 0. The molecule has 43 heavy (non-hydrogen) atoms. The summed E-state index contributed by atoms with van der Waals surface area (Å²) in [6, 6.07) is 0. The van der Waals surface area contributed by atoms with Crippen molar-refractivity contribution >= 4 is 19.7 Å². The van der Waals surface area contributed by atoms with E-state index in [4.69, 9.17) is 13.8 Å². The predicted molar refractivity (Wildman–Crippen MR) is 174 cm³/mol. The van der Waals surface area contributed by atoms with Gasteiger partial charge in [0, 0.05) is 19.4 Å². The van der Waals surface area contributed by atoms with Crippen LogP contribution in [0.25, 0.3) is 0 Å². The van der Waals surface area contributed by atoms with E-state index in [1.54, 1.807) is 0 Å². The van der Waals surface area contributed by atoms with Crippen LogP contribution < -0.4 is 5.32 Å². The van der Waals surface area contributed by atoms with E-state index in [2.05, 4.69) is 43.5 Å². The fourth-order valence-electron chi connectivity index (χ4n) is 4.29. The van der Waals surface area contributed by atoms with Gasteiger partial charge in [0.15, 0.2) is 0 Å². The minimum Gasteiger partial charge on any atom is -0.463 e. The number of carbonyl (C=O) groups excluding carboxylic acids is 2. The Hall–Kier alpha value is -1.51. The first-order chi connectivity index (χ1) is 20.8. The highest BCUT2D eigenvalue weighted by molar-refractivity contribution is 7.47. The van der Waals surface area contributed by atoms with Gasteiger partial charge in [0.25, 0.3) is 0 Å². The number of ether oxygens (including phenoxy) is 1. The topological polar surface area (TPSA) is 131 Å². The average Bonchev–Trinajstić information content (AvgIpc) is 2.99. The van der Waals surface area contributed by atoms with Gasteiger partial charge in [-0.3, -0.25) is 18.6 Å². The standard InChI is InChI=1S/C33H62NO8P/c1-3-5-7-9-10-11-12-13-14-15-16-17-18-19-20-21-22-24-26-33(37)40-29-31(35)30-42-43(38,39)41-28-27-34-32(36)25-23-8-6-4-2/h11-12,14-15,31,35H,3-10,13,16-30H2,1-2H3,(H,34,36)(H,38,39)/b12-11-,15-14-. The van der Waals surface area contributed by atoms with E-state index in [-0.39, 0.29) is 32.1 Å². The number of rotatable bonds is 31. The normalized spacial score (nSPS) is 13.9. The third-order valence-electron chi connectivity index (χ3n) is 6.88. The lowest BCUT2D eigenvalue weighted by molar-refractivity contribution is -0.147. The number of nitrogens with one attached hydrogen (secondary N) is 1. The predicted octanol–water partition coefficient (Wildman–Crippen LogP) is 8.09. The molecule has 0 aliphatic heterocycles. The summed E-state index contributed by atoms with van der Waals surface area (Å²) in [5.74, 6) is -0.544. The maximum atomic E-state index is 11.9. The minimum atomic E-state index is -4.39. The van der Waals surface area contributed by atoms with Gasteiger partial charge in [0.1, 0.15) is 12.7 Å². The molecule has 1 amide bonds. The summed E-state index contributed by atoms with van der Waals surface area (Å²) in [5.41, 5.74) is 0. The Labute approximate surface area is 261 Å². The lowest BCUT2D eigenvalue weighted by Crippen LogP contribution is -2.27. The smallest absolute Gasteiger partial charge is 0.463 e. The Kier molecular flexibility index (Phi) is 29.4. The van der Waals surface area contributed by atoms with Crippen LogP contribution >= 0.6 is 7.82 Å². The molecule has 0 spiro atoms. The van der Waals surface area contributed by atoms with Crippen molar-refractivity contribution in [3.05, 3.63) is 24.3 Å². The Morgan fingerprint density at radius 2 is 1.26 bits per heavy atom. The van der Waals surface area contributed by atoms with Crippen LogP contribution in [0.2, 0.25) is 0 Å². The summed E-state index contributed by atoms with van der Waals surface area (Å²) in [7, 11) is -4.39. The van der Waals surface area contributed by atoms with E-state index in [1.165, 1.54) is 51.4 Å². The SMILES string of the molecule is CCCCCC/C=C\C/C=C\CCCCCCCCCC(=O)OCC(O)COP(=O)(O)OCCNC(=O)CCCCCC. The summed E-state index contributed by atoms with van der Waals surface area (Å²) in [6.07, 6.45) is 28.7. The summed E-state index contributed by atoms with van der Waals surface area (Å²) < 4.78 is 26.5. The third-order valence-corrected chi connectivity index (χ3v) is 7.87. The van der Waals surface area contributed by atoms with Crippen molar-refractivity contribution in [2.75, 3.05) is 26.4 Å². The van der Waals surface area contributed by atoms with E-state index in [1.807, 2.05) is 0 Å².